The van der Waals surface area contributed by atoms with Gasteiger partial charge in [-0.2, -0.15) is 0 Å². The first kappa shape index (κ1) is 12.5. The summed E-state index contributed by atoms with van der Waals surface area (Å²) in [5, 5.41) is 6.45. The maximum absolute atomic E-state index is 12.3. The van der Waals surface area contributed by atoms with Gasteiger partial charge >= 0.3 is 0 Å². The number of benzene rings is 1. The summed E-state index contributed by atoms with van der Waals surface area (Å²) >= 11 is 0. The predicted molar refractivity (Wildman–Crippen MR) is 73.1 cm³/mol. The van der Waals surface area contributed by atoms with E-state index in [1.807, 2.05) is 24.3 Å². The summed E-state index contributed by atoms with van der Waals surface area (Å²) in [5.41, 5.74) is 1.10. The molecule has 1 aromatic carbocycles. The fourth-order valence-corrected chi connectivity index (χ4v) is 2.84. The minimum absolute atomic E-state index is 0.0243. The van der Waals surface area contributed by atoms with Crippen molar-refractivity contribution in [3.8, 4) is 5.75 Å². The number of rotatable bonds is 2. The molecule has 2 heterocycles. The Hall–Kier alpha value is -1.55. The maximum atomic E-state index is 12.3. The van der Waals surface area contributed by atoms with Crippen molar-refractivity contribution < 1.29 is 9.53 Å². The number of ether oxygens (including phenoxy) is 1. The van der Waals surface area contributed by atoms with Gasteiger partial charge in [0.2, 0.25) is 5.91 Å². The molecule has 4 heteroatoms. The van der Waals surface area contributed by atoms with E-state index in [4.69, 9.17) is 4.74 Å². The highest BCUT2D eigenvalue weighted by atomic mass is 16.5. The third-order valence-corrected chi connectivity index (χ3v) is 3.90. The molecule has 1 unspecified atom stereocenters. The van der Waals surface area contributed by atoms with Gasteiger partial charge in [0.1, 0.15) is 5.75 Å². The Bertz CT molecular complexity index is 455. The molecule has 2 N–H and O–H groups in total. The van der Waals surface area contributed by atoms with Gasteiger partial charge < -0.3 is 15.4 Å². The maximum Gasteiger partial charge on any atom is 0.237 e. The van der Waals surface area contributed by atoms with Gasteiger partial charge in [-0.1, -0.05) is 24.6 Å². The minimum atomic E-state index is -0.0243. The lowest BCUT2D eigenvalue weighted by molar-refractivity contribution is -0.124. The summed E-state index contributed by atoms with van der Waals surface area (Å²) in [6.07, 6.45) is 4.09. The Balaban J connectivity index is 1.68. The Morgan fingerprint density at radius 3 is 3.00 bits per heavy atom. The van der Waals surface area contributed by atoms with Crippen molar-refractivity contribution >= 4 is 5.91 Å². The first-order chi connectivity index (χ1) is 9.34. The average Bonchev–Trinajstić information content (AvgIpc) is 2.48. The highest BCUT2D eigenvalue weighted by molar-refractivity contribution is 5.82. The molecule has 19 heavy (non-hydrogen) atoms. The van der Waals surface area contributed by atoms with Crippen molar-refractivity contribution in [2.45, 2.75) is 37.8 Å². The van der Waals surface area contributed by atoms with Crippen LogP contribution in [-0.2, 0) is 4.79 Å². The van der Waals surface area contributed by atoms with Crippen LogP contribution in [0.2, 0.25) is 0 Å². The Labute approximate surface area is 113 Å². The van der Waals surface area contributed by atoms with Crippen LogP contribution in [0.4, 0.5) is 0 Å². The zero-order chi connectivity index (χ0) is 13.1. The summed E-state index contributed by atoms with van der Waals surface area (Å²) in [6, 6.07) is 8.02. The minimum Gasteiger partial charge on any atom is -0.493 e. The lowest BCUT2D eigenvalue weighted by Crippen LogP contribution is -2.48. The van der Waals surface area contributed by atoms with Crippen molar-refractivity contribution in [1.82, 2.24) is 10.6 Å². The van der Waals surface area contributed by atoms with Gasteiger partial charge in [0, 0.05) is 12.0 Å². The van der Waals surface area contributed by atoms with Crippen LogP contribution in [0.25, 0.3) is 0 Å². The molecular weight excluding hydrogens is 240 g/mol. The van der Waals surface area contributed by atoms with Crippen LogP contribution in [0.15, 0.2) is 24.3 Å². The van der Waals surface area contributed by atoms with Crippen molar-refractivity contribution in [3.05, 3.63) is 29.8 Å². The van der Waals surface area contributed by atoms with Gasteiger partial charge in [-0.3, -0.25) is 4.79 Å². The molecule has 1 aromatic rings. The van der Waals surface area contributed by atoms with Crippen molar-refractivity contribution in [2.75, 3.05) is 13.2 Å². The van der Waals surface area contributed by atoms with Crippen LogP contribution in [0, 0.1) is 0 Å². The van der Waals surface area contributed by atoms with E-state index in [9.17, 15) is 4.79 Å². The van der Waals surface area contributed by atoms with Crippen LogP contribution in [0.1, 0.15) is 37.3 Å². The Morgan fingerprint density at radius 1 is 1.26 bits per heavy atom. The molecule has 0 radical (unpaired) electrons. The van der Waals surface area contributed by atoms with E-state index in [1.165, 1.54) is 6.42 Å². The molecule has 1 amide bonds. The zero-order valence-electron chi connectivity index (χ0n) is 11.0. The number of para-hydroxylation sites is 1. The second-order valence-corrected chi connectivity index (χ2v) is 5.24. The first-order valence-corrected chi connectivity index (χ1v) is 7.10. The van der Waals surface area contributed by atoms with E-state index in [0.29, 0.717) is 6.61 Å². The van der Waals surface area contributed by atoms with Gasteiger partial charge in [0.25, 0.3) is 0 Å². The number of nitrogens with one attached hydrogen (secondary N) is 2. The molecule has 1 saturated heterocycles. The van der Waals surface area contributed by atoms with E-state index in [-0.39, 0.29) is 18.0 Å². The lowest BCUT2D eigenvalue weighted by atomic mass is 9.99. The second kappa shape index (κ2) is 5.61. The predicted octanol–water partition coefficient (Wildman–Crippen LogP) is 1.77. The quantitative estimate of drug-likeness (QED) is 0.852. The molecule has 0 aliphatic carbocycles. The van der Waals surface area contributed by atoms with E-state index >= 15 is 0 Å². The largest absolute Gasteiger partial charge is 0.493 e. The molecular formula is C15H20N2O2. The molecule has 102 valence electrons. The van der Waals surface area contributed by atoms with Gasteiger partial charge in [0.05, 0.1) is 18.7 Å². The number of amides is 1. The van der Waals surface area contributed by atoms with Crippen LogP contribution in [-0.4, -0.2) is 25.1 Å². The van der Waals surface area contributed by atoms with Crippen molar-refractivity contribution in [2.24, 2.45) is 0 Å². The Kier molecular flexibility index (Phi) is 3.69. The Morgan fingerprint density at radius 2 is 2.16 bits per heavy atom. The fraction of sp³-hybridized carbons (Fsp3) is 0.533. The topological polar surface area (TPSA) is 50.4 Å². The summed E-state index contributed by atoms with van der Waals surface area (Å²) in [5.74, 6) is 1.03. The molecule has 2 atom stereocenters. The number of carbonyl (C=O) groups excluding carboxylic acids is 1. The monoisotopic (exact) mass is 260 g/mol. The lowest BCUT2D eigenvalue weighted by Gasteiger charge is -2.29. The summed E-state index contributed by atoms with van der Waals surface area (Å²) in [7, 11) is 0. The summed E-state index contributed by atoms with van der Waals surface area (Å²) < 4.78 is 5.61. The van der Waals surface area contributed by atoms with Crippen LogP contribution in [0.3, 0.4) is 0 Å². The standard InChI is InChI=1S/C15H20N2O2/c18-15(13-6-3-4-9-16-13)17-12-8-10-19-14-7-2-1-5-11(12)14/h1-2,5,7,12-13,16H,3-4,6,8-10H2,(H,17,18)/t12?,13-/m1/s1. The van der Waals surface area contributed by atoms with E-state index in [0.717, 1.165) is 37.1 Å². The number of hydrogen-bond donors (Lipinski definition) is 2. The molecule has 4 nitrogen and oxygen atoms in total. The van der Waals surface area contributed by atoms with E-state index in [2.05, 4.69) is 10.6 Å². The fourth-order valence-electron chi connectivity index (χ4n) is 2.84. The summed E-state index contributed by atoms with van der Waals surface area (Å²) in [6.45, 7) is 1.61. The normalized spacial score (nSPS) is 26.1. The zero-order valence-corrected chi connectivity index (χ0v) is 11.0. The highest BCUT2D eigenvalue weighted by Crippen LogP contribution is 2.31. The SMILES string of the molecule is O=C(NC1CCOc2ccccc21)[C@H]1CCCCN1. The van der Waals surface area contributed by atoms with E-state index < -0.39 is 0 Å². The van der Waals surface area contributed by atoms with Crippen LogP contribution >= 0.6 is 0 Å². The number of hydrogen-bond acceptors (Lipinski definition) is 3. The second-order valence-electron chi connectivity index (χ2n) is 5.24. The molecule has 0 saturated carbocycles. The van der Waals surface area contributed by atoms with E-state index in [1.54, 1.807) is 0 Å². The van der Waals surface area contributed by atoms with Gasteiger partial charge in [-0.15, -0.1) is 0 Å². The third-order valence-electron chi connectivity index (χ3n) is 3.90. The van der Waals surface area contributed by atoms with Crippen molar-refractivity contribution in [3.63, 3.8) is 0 Å². The molecule has 1 fully saturated rings. The highest BCUT2D eigenvalue weighted by Gasteiger charge is 2.26. The first-order valence-electron chi connectivity index (χ1n) is 7.10. The average molecular weight is 260 g/mol. The molecule has 0 aromatic heterocycles. The van der Waals surface area contributed by atoms with Crippen LogP contribution in [0.5, 0.6) is 5.75 Å². The van der Waals surface area contributed by atoms with Gasteiger partial charge in [-0.25, -0.2) is 0 Å². The summed E-state index contributed by atoms with van der Waals surface area (Å²) in [4.78, 5) is 12.3. The third kappa shape index (κ3) is 2.73. The number of piperidine rings is 1. The smallest absolute Gasteiger partial charge is 0.237 e. The number of carbonyl (C=O) groups is 1. The molecule has 2 aliphatic rings. The van der Waals surface area contributed by atoms with Gasteiger partial charge in [0.15, 0.2) is 0 Å². The van der Waals surface area contributed by atoms with Crippen LogP contribution < -0.4 is 15.4 Å². The molecule has 0 spiro atoms. The molecule has 0 bridgehead atoms. The molecule has 2 aliphatic heterocycles. The number of fused-ring (bicyclic) bond motifs is 1. The van der Waals surface area contributed by atoms with Gasteiger partial charge in [-0.05, 0) is 25.5 Å². The van der Waals surface area contributed by atoms with Crippen molar-refractivity contribution in [1.29, 1.82) is 0 Å². The molecule has 3 rings (SSSR count).